The van der Waals surface area contributed by atoms with Gasteiger partial charge in [-0.3, -0.25) is 4.57 Å². The molecule has 2 N–H and O–H groups in total. The van der Waals surface area contributed by atoms with Gasteiger partial charge in [-0.05, 0) is 16.3 Å². The molecule has 0 fully saturated rings. The minimum atomic E-state index is -3.97. The first-order chi connectivity index (χ1) is 7.04. The predicted molar refractivity (Wildman–Crippen MR) is 59.7 cm³/mol. The van der Waals surface area contributed by atoms with Crippen molar-refractivity contribution in [2.75, 3.05) is 0 Å². The number of rotatable bonds is 2. The normalized spacial score (nSPS) is 11.9. The van der Waals surface area contributed by atoms with E-state index in [2.05, 4.69) is 0 Å². The fourth-order valence-electron chi connectivity index (χ4n) is 1.57. The minimum Gasteiger partial charge on any atom is -0.324 e. The molecular formula is C11H11O3P. The summed E-state index contributed by atoms with van der Waals surface area (Å²) in [6.07, 6.45) is -0.197. The highest BCUT2D eigenvalue weighted by atomic mass is 31.2. The molecule has 78 valence electrons. The third-order valence-corrected chi connectivity index (χ3v) is 2.98. The summed E-state index contributed by atoms with van der Waals surface area (Å²) in [4.78, 5) is 17.7. The summed E-state index contributed by atoms with van der Waals surface area (Å²) in [5.74, 6) is 0. The van der Waals surface area contributed by atoms with E-state index in [1.54, 1.807) is 6.07 Å². The van der Waals surface area contributed by atoms with E-state index in [4.69, 9.17) is 9.79 Å². The van der Waals surface area contributed by atoms with Crippen LogP contribution in [0.1, 0.15) is 5.56 Å². The van der Waals surface area contributed by atoms with Crippen LogP contribution in [0.3, 0.4) is 0 Å². The number of hydrogen-bond acceptors (Lipinski definition) is 1. The predicted octanol–water partition coefficient (Wildman–Crippen LogP) is 2.52. The van der Waals surface area contributed by atoms with Crippen LogP contribution in [0.15, 0.2) is 42.5 Å². The molecule has 3 nitrogen and oxygen atoms in total. The Morgan fingerprint density at radius 1 is 1.00 bits per heavy atom. The first kappa shape index (κ1) is 10.4. The third-order valence-electron chi connectivity index (χ3n) is 2.20. The fraction of sp³-hybridized carbons (Fsp3) is 0.0909. The molecule has 0 saturated heterocycles. The molecule has 0 spiro atoms. The van der Waals surface area contributed by atoms with Gasteiger partial charge in [-0.2, -0.15) is 0 Å². The van der Waals surface area contributed by atoms with E-state index in [1.165, 1.54) is 0 Å². The number of fused-ring (bicyclic) bond motifs is 1. The maximum Gasteiger partial charge on any atom is 0.329 e. The van der Waals surface area contributed by atoms with Gasteiger partial charge in [0.2, 0.25) is 0 Å². The van der Waals surface area contributed by atoms with Crippen molar-refractivity contribution < 1.29 is 14.4 Å². The molecule has 0 heterocycles. The first-order valence-corrected chi connectivity index (χ1v) is 6.37. The Hall–Kier alpha value is -1.15. The van der Waals surface area contributed by atoms with E-state index in [9.17, 15) is 4.57 Å². The van der Waals surface area contributed by atoms with Crippen LogP contribution in [0.5, 0.6) is 0 Å². The second kappa shape index (κ2) is 3.78. The van der Waals surface area contributed by atoms with Gasteiger partial charge in [-0.1, -0.05) is 42.5 Å². The zero-order valence-corrected chi connectivity index (χ0v) is 8.89. The molecule has 2 aromatic rings. The van der Waals surface area contributed by atoms with Gasteiger partial charge >= 0.3 is 7.60 Å². The lowest BCUT2D eigenvalue weighted by molar-refractivity contribution is 0.372. The fourth-order valence-corrected chi connectivity index (χ4v) is 2.25. The van der Waals surface area contributed by atoms with Crippen LogP contribution in [0.4, 0.5) is 0 Å². The van der Waals surface area contributed by atoms with E-state index in [0.29, 0.717) is 5.56 Å². The highest BCUT2D eigenvalue weighted by molar-refractivity contribution is 7.50. The van der Waals surface area contributed by atoms with Gasteiger partial charge in [-0.25, -0.2) is 0 Å². The van der Waals surface area contributed by atoms with Crippen molar-refractivity contribution >= 4 is 18.4 Å². The van der Waals surface area contributed by atoms with Crippen LogP contribution in [0, 0.1) is 0 Å². The summed E-state index contributed by atoms with van der Waals surface area (Å²) in [5.41, 5.74) is 0.669. The van der Waals surface area contributed by atoms with Crippen LogP contribution in [-0.4, -0.2) is 9.79 Å². The van der Waals surface area contributed by atoms with Gasteiger partial charge in [0, 0.05) is 0 Å². The summed E-state index contributed by atoms with van der Waals surface area (Å²) >= 11 is 0. The van der Waals surface area contributed by atoms with E-state index >= 15 is 0 Å². The highest BCUT2D eigenvalue weighted by Crippen LogP contribution is 2.39. The zero-order chi connectivity index (χ0) is 10.9. The Morgan fingerprint density at radius 2 is 1.67 bits per heavy atom. The molecule has 2 aromatic carbocycles. The summed E-state index contributed by atoms with van der Waals surface area (Å²) in [6.45, 7) is 0. The van der Waals surface area contributed by atoms with E-state index in [0.717, 1.165) is 10.8 Å². The van der Waals surface area contributed by atoms with Crippen molar-refractivity contribution in [2.45, 2.75) is 6.16 Å². The number of benzene rings is 2. The quantitative estimate of drug-likeness (QED) is 0.767. The molecule has 0 amide bonds. The standard InChI is InChI=1S/C11H11O3P/c12-15(13,14)8-9-5-6-10-3-1-2-4-11(10)7-9/h1-7H,8H2,(H2,12,13,14). The molecule has 2 rings (SSSR count). The van der Waals surface area contributed by atoms with Crippen molar-refractivity contribution in [1.29, 1.82) is 0 Å². The molecule has 4 heteroatoms. The summed E-state index contributed by atoms with van der Waals surface area (Å²) in [6, 6.07) is 13.2. The molecule has 0 aliphatic carbocycles. The average molecular weight is 222 g/mol. The van der Waals surface area contributed by atoms with Crippen LogP contribution >= 0.6 is 7.60 Å². The monoisotopic (exact) mass is 222 g/mol. The van der Waals surface area contributed by atoms with Crippen LogP contribution in [-0.2, 0) is 10.7 Å². The Balaban J connectivity index is 2.43. The minimum absolute atomic E-state index is 0.197. The molecule has 0 bridgehead atoms. The van der Waals surface area contributed by atoms with Crippen molar-refractivity contribution in [1.82, 2.24) is 0 Å². The molecule has 0 saturated carbocycles. The molecule has 15 heavy (non-hydrogen) atoms. The smallest absolute Gasteiger partial charge is 0.324 e. The maximum absolute atomic E-state index is 10.8. The van der Waals surface area contributed by atoms with Crippen molar-refractivity contribution in [3.8, 4) is 0 Å². The van der Waals surface area contributed by atoms with Gasteiger partial charge in [0.15, 0.2) is 0 Å². The molecule has 0 unspecified atom stereocenters. The molecule has 0 aliphatic rings. The molecule has 0 aromatic heterocycles. The van der Waals surface area contributed by atoms with Gasteiger partial charge in [0.05, 0.1) is 6.16 Å². The lowest BCUT2D eigenvalue weighted by atomic mass is 10.1. The van der Waals surface area contributed by atoms with Gasteiger partial charge in [0.25, 0.3) is 0 Å². The highest BCUT2D eigenvalue weighted by Gasteiger charge is 2.13. The SMILES string of the molecule is O=P(O)(O)Cc1ccc2ccccc2c1. The molecule has 0 radical (unpaired) electrons. The Labute approximate surface area is 87.5 Å². The summed E-state index contributed by atoms with van der Waals surface area (Å²) in [5, 5.41) is 2.08. The molecular weight excluding hydrogens is 211 g/mol. The van der Waals surface area contributed by atoms with Crippen LogP contribution in [0.2, 0.25) is 0 Å². The van der Waals surface area contributed by atoms with Crippen molar-refractivity contribution in [3.63, 3.8) is 0 Å². The molecule has 0 aliphatic heterocycles. The van der Waals surface area contributed by atoms with Crippen molar-refractivity contribution in [3.05, 3.63) is 48.0 Å². The van der Waals surface area contributed by atoms with E-state index in [-0.39, 0.29) is 6.16 Å². The Morgan fingerprint density at radius 3 is 2.33 bits per heavy atom. The largest absolute Gasteiger partial charge is 0.329 e. The van der Waals surface area contributed by atoms with E-state index < -0.39 is 7.60 Å². The lowest BCUT2D eigenvalue weighted by Gasteiger charge is -2.05. The zero-order valence-electron chi connectivity index (χ0n) is 8.00. The summed E-state index contributed by atoms with van der Waals surface area (Å²) < 4.78 is 10.8. The average Bonchev–Trinajstić information content (AvgIpc) is 2.15. The van der Waals surface area contributed by atoms with Gasteiger partial charge in [-0.15, -0.1) is 0 Å². The second-order valence-corrected chi connectivity index (χ2v) is 5.15. The third kappa shape index (κ3) is 2.66. The topological polar surface area (TPSA) is 57.5 Å². The first-order valence-electron chi connectivity index (χ1n) is 4.57. The Bertz CT molecular complexity index is 530. The van der Waals surface area contributed by atoms with Crippen LogP contribution < -0.4 is 0 Å². The van der Waals surface area contributed by atoms with Crippen LogP contribution in [0.25, 0.3) is 10.8 Å². The summed E-state index contributed by atoms with van der Waals surface area (Å²) in [7, 11) is -3.97. The Kier molecular flexibility index (Phi) is 2.61. The second-order valence-electron chi connectivity index (χ2n) is 3.50. The van der Waals surface area contributed by atoms with Crippen molar-refractivity contribution in [2.24, 2.45) is 0 Å². The van der Waals surface area contributed by atoms with Gasteiger partial charge in [0.1, 0.15) is 0 Å². The maximum atomic E-state index is 10.8. The molecule has 0 atom stereocenters. The lowest BCUT2D eigenvalue weighted by Crippen LogP contribution is -1.86. The van der Waals surface area contributed by atoms with Gasteiger partial charge < -0.3 is 9.79 Å². The van der Waals surface area contributed by atoms with E-state index in [1.807, 2.05) is 36.4 Å². The number of hydrogen-bond donors (Lipinski definition) is 2.